The molecule has 22 heavy (non-hydrogen) atoms. The van der Waals surface area contributed by atoms with Gasteiger partial charge in [-0.05, 0) is 23.8 Å². The van der Waals surface area contributed by atoms with Crippen molar-refractivity contribution in [2.45, 2.75) is 6.42 Å². The summed E-state index contributed by atoms with van der Waals surface area (Å²) in [5.41, 5.74) is 1.36. The van der Waals surface area contributed by atoms with Crippen LogP contribution in [0.4, 0.5) is 0 Å². The van der Waals surface area contributed by atoms with Crippen LogP contribution < -0.4 is 4.74 Å². The third-order valence-electron chi connectivity index (χ3n) is 3.09. The van der Waals surface area contributed by atoms with Crippen molar-refractivity contribution in [3.8, 4) is 11.5 Å². The number of ether oxygens (including phenoxy) is 1. The number of benzene rings is 1. The van der Waals surface area contributed by atoms with E-state index >= 15 is 0 Å². The SMILES string of the molecule is O=C(Cc1ccccc1)c1cc(Oc2cccnc2)ccn1. The lowest BCUT2D eigenvalue weighted by molar-refractivity contribution is 0.0988. The van der Waals surface area contributed by atoms with Crippen LogP contribution in [0.2, 0.25) is 0 Å². The second-order valence-electron chi connectivity index (χ2n) is 4.75. The molecule has 0 amide bonds. The van der Waals surface area contributed by atoms with Crippen molar-refractivity contribution in [1.82, 2.24) is 9.97 Å². The molecule has 0 N–H and O–H groups in total. The van der Waals surface area contributed by atoms with Crippen LogP contribution in [0.25, 0.3) is 0 Å². The van der Waals surface area contributed by atoms with Crippen molar-refractivity contribution in [2.75, 3.05) is 0 Å². The van der Waals surface area contributed by atoms with Gasteiger partial charge in [-0.15, -0.1) is 0 Å². The first-order valence-electron chi connectivity index (χ1n) is 6.92. The fourth-order valence-corrected chi connectivity index (χ4v) is 2.04. The first kappa shape index (κ1) is 13.9. The third-order valence-corrected chi connectivity index (χ3v) is 3.09. The molecule has 0 bridgehead atoms. The van der Waals surface area contributed by atoms with Gasteiger partial charge in [-0.3, -0.25) is 14.8 Å². The van der Waals surface area contributed by atoms with Crippen LogP contribution in [0.3, 0.4) is 0 Å². The summed E-state index contributed by atoms with van der Waals surface area (Å²) in [6.07, 6.45) is 5.19. The Morgan fingerprint density at radius 2 is 1.82 bits per heavy atom. The number of aromatic nitrogens is 2. The largest absolute Gasteiger partial charge is 0.456 e. The predicted octanol–water partition coefficient (Wildman–Crippen LogP) is 3.69. The predicted molar refractivity (Wildman–Crippen MR) is 83.0 cm³/mol. The molecule has 2 heterocycles. The number of nitrogens with zero attached hydrogens (tertiary/aromatic N) is 2. The topological polar surface area (TPSA) is 52.1 Å². The second kappa shape index (κ2) is 6.63. The average molecular weight is 290 g/mol. The molecule has 0 aliphatic rings. The van der Waals surface area contributed by atoms with Gasteiger partial charge in [-0.25, -0.2) is 0 Å². The van der Waals surface area contributed by atoms with E-state index in [1.165, 1.54) is 0 Å². The zero-order chi connectivity index (χ0) is 15.2. The summed E-state index contributed by atoms with van der Waals surface area (Å²) in [7, 11) is 0. The lowest BCUT2D eigenvalue weighted by Gasteiger charge is -2.06. The summed E-state index contributed by atoms with van der Waals surface area (Å²) in [6.45, 7) is 0. The van der Waals surface area contributed by atoms with Gasteiger partial charge in [0.2, 0.25) is 0 Å². The van der Waals surface area contributed by atoms with Crippen LogP contribution in [0.15, 0.2) is 73.2 Å². The second-order valence-corrected chi connectivity index (χ2v) is 4.75. The first-order chi connectivity index (χ1) is 10.8. The van der Waals surface area contributed by atoms with E-state index in [1.807, 2.05) is 30.3 Å². The van der Waals surface area contributed by atoms with E-state index in [0.717, 1.165) is 5.56 Å². The van der Waals surface area contributed by atoms with Crippen LogP contribution in [0.5, 0.6) is 11.5 Å². The zero-order valence-corrected chi connectivity index (χ0v) is 11.8. The molecule has 1 aromatic carbocycles. The van der Waals surface area contributed by atoms with Gasteiger partial charge in [-0.1, -0.05) is 30.3 Å². The van der Waals surface area contributed by atoms with Crippen molar-refractivity contribution >= 4 is 5.78 Å². The quantitative estimate of drug-likeness (QED) is 0.672. The summed E-state index contributed by atoms with van der Waals surface area (Å²) >= 11 is 0. The molecule has 0 saturated heterocycles. The Labute approximate surface area is 128 Å². The summed E-state index contributed by atoms with van der Waals surface area (Å²) in [6, 6.07) is 16.6. The van der Waals surface area contributed by atoms with Crippen molar-refractivity contribution in [2.24, 2.45) is 0 Å². The fraction of sp³-hybridized carbons (Fsp3) is 0.0556. The molecule has 0 saturated carbocycles. The lowest BCUT2D eigenvalue weighted by Crippen LogP contribution is -2.05. The molecule has 3 aromatic rings. The van der Waals surface area contributed by atoms with Crippen LogP contribution >= 0.6 is 0 Å². The third kappa shape index (κ3) is 3.55. The van der Waals surface area contributed by atoms with Crippen molar-refractivity contribution < 1.29 is 9.53 Å². The number of carbonyl (C=O) groups excluding carboxylic acids is 1. The van der Waals surface area contributed by atoms with Gasteiger partial charge in [0, 0.05) is 24.9 Å². The summed E-state index contributed by atoms with van der Waals surface area (Å²) in [5.74, 6) is 1.15. The molecule has 0 spiro atoms. The van der Waals surface area contributed by atoms with Crippen LogP contribution in [-0.2, 0) is 6.42 Å². The Morgan fingerprint density at radius 3 is 2.59 bits per heavy atom. The van der Waals surface area contributed by atoms with Gasteiger partial charge >= 0.3 is 0 Å². The van der Waals surface area contributed by atoms with Crippen LogP contribution in [0.1, 0.15) is 16.1 Å². The minimum absolute atomic E-state index is 0.0390. The standard InChI is InChI=1S/C18H14N2O2/c21-18(11-14-5-2-1-3-6-14)17-12-15(8-10-20-17)22-16-7-4-9-19-13-16/h1-10,12-13H,11H2. The average Bonchev–Trinajstić information content (AvgIpc) is 2.57. The molecule has 0 fully saturated rings. The van der Waals surface area contributed by atoms with E-state index < -0.39 is 0 Å². The minimum atomic E-state index is -0.0390. The Kier molecular flexibility index (Phi) is 4.20. The van der Waals surface area contributed by atoms with Gasteiger partial charge < -0.3 is 4.74 Å². The van der Waals surface area contributed by atoms with E-state index in [4.69, 9.17) is 4.74 Å². The normalized spacial score (nSPS) is 10.2. The number of hydrogen-bond acceptors (Lipinski definition) is 4. The molecule has 0 atom stereocenters. The Hall–Kier alpha value is -3.01. The Bertz CT molecular complexity index is 758. The highest BCUT2D eigenvalue weighted by Crippen LogP contribution is 2.20. The first-order valence-corrected chi connectivity index (χ1v) is 6.92. The molecule has 4 nitrogen and oxygen atoms in total. The van der Waals surface area contributed by atoms with Crippen molar-refractivity contribution in [1.29, 1.82) is 0 Å². The highest BCUT2D eigenvalue weighted by atomic mass is 16.5. The van der Waals surface area contributed by atoms with E-state index in [1.54, 1.807) is 42.9 Å². The van der Waals surface area contributed by atoms with E-state index in [-0.39, 0.29) is 5.78 Å². The molecular formula is C18H14N2O2. The number of hydrogen-bond donors (Lipinski definition) is 0. The highest BCUT2D eigenvalue weighted by Gasteiger charge is 2.10. The number of Topliss-reactive ketones (excluding diaryl/α,β-unsaturated/α-hetero) is 1. The van der Waals surface area contributed by atoms with Gasteiger partial charge in [0.05, 0.1) is 6.20 Å². The van der Waals surface area contributed by atoms with Gasteiger partial charge in [0.15, 0.2) is 5.78 Å². The zero-order valence-electron chi connectivity index (χ0n) is 11.8. The summed E-state index contributed by atoms with van der Waals surface area (Å²) in [4.78, 5) is 20.4. The molecule has 2 aromatic heterocycles. The molecule has 4 heteroatoms. The molecule has 0 unspecified atom stereocenters. The summed E-state index contributed by atoms with van der Waals surface area (Å²) in [5, 5.41) is 0. The van der Waals surface area contributed by atoms with E-state index in [9.17, 15) is 4.79 Å². The van der Waals surface area contributed by atoms with Gasteiger partial charge in [-0.2, -0.15) is 0 Å². The highest BCUT2D eigenvalue weighted by molar-refractivity contribution is 5.96. The number of carbonyl (C=O) groups is 1. The van der Waals surface area contributed by atoms with E-state index in [0.29, 0.717) is 23.6 Å². The van der Waals surface area contributed by atoms with Crippen molar-refractivity contribution in [3.63, 3.8) is 0 Å². The molecule has 0 radical (unpaired) electrons. The monoisotopic (exact) mass is 290 g/mol. The van der Waals surface area contributed by atoms with Gasteiger partial charge in [0.25, 0.3) is 0 Å². The number of ketones is 1. The molecular weight excluding hydrogens is 276 g/mol. The lowest BCUT2D eigenvalue weighted by atomic mass is 10.1. The molecule has 0 aliphatic carbocycles. The van der Waals surface area contributed by atoms with Crippen molar-refractivity contribution in [3.05, 3.63) is 84.4 Å². The fourth-order valence-electron chi connectivity index (χ4n) is 2.04. The Morgan fingerprint density at radius 1 is 0.955 bits per heavy atom. The molecule has 3 rings (SSSR count). The Balaban J connectivity index is 1.75. The number of rotatable bonds is 5. The molecule has 0 aliphatic heterocycles. The maximum absolute atomic E-state index is 12.3. The number of pyridine rings is 2. The van der Waals surface area contributed by atoms with Crippen LogP contribution in [0, 0.1) is 0 Å². The van der Waals surface area contributed by atoms with Gasteiger partial charge in [0.1, 0.15) is 17.2 Å². The molecule has 108 valence electrons. The smallest absolute Gasteiger partial charge is 0.185 e. The maximum atomic E-state index is 12.3. The summed E-state index contributed by atoms with van der Waals surface area (Å²) < 4.78 is 5.66. The van der Waals surface area contributed by atoms with E-state index in [2.05, 4.69) is 9.97 Å². The van der Waals surface area contributed by atoms with Crippen LogP contribution in [-0.4, -0.2) is 15.8 Å². The maximum Gasteiger partial charge on any atom is 0.185 e. The minimum Gasteiger partial charge on any atom is -0.456 e.